The van der Waals surface area contributed by atoms with Crippen molar-refractivity contribution in [3.05, 3.63) is 64.0 Å². The number of anilines is 1. The number of nitrogens with one attached hydrogen (secondary N) is 3. The van der Waals surface area contributed by atoms with Crippen LogP contribution in [0.3, 0.4) is 0 Å². The van der Waals surface area contributed by atoms with Gasteiger partial charge < -0.3 is 20.4 Å². The monoisotopic (exact) mass is 429 g/mol. The molecule has 7 nitrogen and oxygen atoms in total. The van der Waals surface area contributed by atoms with Crippen molar-refractivity contribution in [3.8, 4) is 0 Å². The first kappa shape index (κ1) is 18.9. The molecule has 3 N–H and O–H groups in total. The Kier molecular flexibility index (Phi) is 5.75. The van der Waals surface area contributed by atoms with Gasteiger partial charge in [-0.25, -0.2) is 9.78 Å². The number of benzene rings is 1. The number of nitrogens with zero attached hydrogens (tertiary/aromatic N) is 2. The quantitative estimate of drug-likeness (QED) is 0.581. The summed E-state index contributed by atoms with van der Waals surface area (Å²) >= 11 is 3.38. The molecule has 3 amide bonds. The molecule has 0 spiro atoms. The summed E-state index contributed by atoms with van der Waals surface area (Å²) < 4.78 is 2.84. The smallest absolute Gasteiger partial charge is 0.315 e. The van der Waals surface area contributed by atoms with Crippen molar-refractivity contribution < 1.29 is 9.59 Å². The predicted octanol–water partition coefficient (Wildman–Crippen LogP) is 3.15. The highest BCUT2D eigenvalue weighted by atomic mass is 79.9. The van der Waals surface area contributed by atoms with E-state index in [1.54, 1.807) is 0 Å². The molecule has 2 heterocycles. The summed E-state index contributed by atoms with van der Waals surface area (Å²) in [5.41, 5.74) is 4.34. The Balaban J connectivity index is 1.46. The van der Waals surface area contributed by atoms with Crippen molar-refractivity contribution in [2.24, 2.45) is 0 Å². The number of fused-ring (bicyclic) bond motifs is 1. The van der Waals surface area contributed by atoms with Gasteiger partial charge in [0.25, 0.3) is 0 Å². The zero-order chi connectivity index (χ0) is 19.4. The summed E-state index contributed by atoms with van der Waals surface area (Å²) in [5.74, 6) is -0.293. The van der Waals surface area contributed by atoms with Crippen LogP contribution in [0.2, 0.25) is 0 Å². The lowest BCUT2D eigenvalue weighted by Crippen LogP contribution is -2.39. The molecule has 0 fully saturated rings. The molecule has 0 aliphatic heterocycles. The second kappa shape index (κ2) is 8.22. The van der Waals surface area contributed by atoms with Crippen LogP contribution < -0.4 is 16.0 Å². The summed E-state index contributed by atoms with van der Waals surface area (Å²) in [6.45, 7) is 4.06. The lowest BCUT2D eigenvalue weighted by molar-refractivity contribution is -0.115. The number of aromatic nitrogens is 2. The molecule has 8 heteroatoms. The minimum absolute atomic E-state index is 0.119. The van der Waals surface area contributed by atoms with Gasteiger partial charge in [-0.15, -0.1) is 0 Å². The van der Waals surface area contributed by atoms with E-state index in [-0.39, 0.29) is 19.0 Å². The van der Waals surface area contributed by atoms with E-state index >= 15 is 0 Å². The molecule has 0 atom stereocenters. The van der Waals surface area contributed by atoms with Gasteiger partial charge in [0.05, 0.1) is 18.8 Å². The van der Waals surface area contributed by atoms with Gasteiger partial charge in [-0.1, -0.05) is 15.9 Å². The molecule has 0 unspecified atom stereocenters. The van der Waals surface area contributed by atoms with Crippen LogP contribution in [0.25, 0.3) is 5.65 Å². The molecule has 0 saturated carbocycles. The lowest BCUT2D eigenvalue weighted by atomic mass is 10.2. The van der Waals surface area contributed by atoms with Crippen LogP contribution in [0, 0.1) is 13.8 Å². The fraction of sp³-hybridized carbons (Fsp3) is 0.211. The van der Waals surface area contributed by atoms with E-state index in [0.29, 0.717) is 5.69 Å². The highest BCUT2D eigenvalue weighted by Crippen LogP contribution is 2.19. The number of aryl methyl sites for hydroxylation is 2. The lowest BCUT2D eigenvalue weighted by Gasteiger charge is -2.10. The van der Waals surface area contributed by atoms with Gasteiger partial charge in [0.1, 0.15) is 5.65 Å². The van der Waals surface area contributed by atoms with Gasteiger partial charge in [-0.2, -0.15) is 0 Å². The van der Waals surface area contributed by atoms with E-state index in [2.05, 4.69) is 36.9 Å². The number of halogens is 1. The number of pyridine rings is 1. The van der Waals surface area contributed by atoms with Crippen LogP contribution in [0.4, 0.5) is 10.5 Å². The van der Waals surface area contributed by atoms with E-state index in [1.165, 1.54) is 0 Å². The number of hydrogen-bond acceptors (Lipinski definition) is 3. The number of carbonyl (C=O) groups excluding carboxylic acids is 2. The van der Waals surface area contributed by atoms with Crippen molar-refractivity contribution in [2.45, 2.75) is 20.4 Å². The van der Waals surface area contributed by atoms with Crippen LogP contribution in [-0.2, 0) is 11.3 Å². The summed E-state index contributed by atoms with van der Waals surface area (Å²) in [7, 11) is 0. The van der Waals surface area contributed by atoms with Crippen LogP contribution in [0.1, 0.15) is 16.8 Å². The van der Waals surface area contributed by atoms with Crippen LogP contribution in [-0.4, -0.2) is 27.9 Å². The van der Waals surface area contributed by atoms with Gasteiger partial charge in [-0.3, -0.25) is 4.79 Å². The first-order valence-corrected chi connectivity index (χ1v) is 9.22. The third-order valence-corrected chi connectivity index (χ3v) is 4.46. The number of urea groups is 1. The summed E-state index contributed by atoms with van der Waals surface area (Å²) in [6.07, 6.45) is 3.79. The molecule has 0 aliphatic carbocycles. The van der Waals surface area contributed by atoms with Gasteiger partial charge in [-0.05, 0) is 55.3 Å². The molecule has 0 saturated heterocycles. The second-order valence-corrected chi connectivity index (χ2v) is 7.16. The summed E-state index contributed by atoms with van der Waals surface area (Å²) in [4.78, 5) is 28.4. The average Bonchev–Trinajstić information content (AvgIpc) is 3.02. The van der Waals surface area contributed by atoms with Gasteiger partial charge in [0.15, 0.2) is 0 Å². The maximum Gasteiger partial charge on any atom is 0.315 e. The predicted molar refractivity (Wildman–Crippen MR) is 108 cm³/mol. The molecule has 3 rings (SSSR count). The highest BCUT2D eigenvalue weighted by Gasteiger charge is 2.08. The molecule has 3 aromatic rings. The van der Waals surface area contributed by atoms with E-state index < -0.39 is 6.03 Å². The highest BCUT2D eigenvalue weighted by molar-refractivity contribution is 9.10. The van der Waals surface area contributed by atoms with Crippen LogP contribution in [0.15, 0.2) is 47.2 Å². The molecule has 0 radical (unpaired) electrons. The zero-order valence-corrected chi connectivity index (χ0v) is 16.6. The van der Waals surface area contributed by atoms with Crippen LogP contribution >= 0.6 is 15.9 Å². The number of carbonyl (C=O) groups is 2. The topological polar surface area (TPSA) is 87.5 Å². The fourth-order valence-electron chi connectivity index (χ4n) is 2.58. The number of rotatable bonds is 5. The zero-order valence-electron chi connectivity index (χ0n) is 15.0. The molecular weight excluding hydrogens is 410 g/mol. The largest absolute Gasteiger partial charge is 0.332 e. The Labute approximate surface area is 165 Å². The Bertz CT molecular complexity index is 999. The molecule has 1 aromatic carbocycles. The van der Waals surface area contributed by atoms with E-state index in [9.17, 15) is 9.59 Å². The van der Waals surface area contributed by atoms with E-state index in [4.69, 9.17) is 0 Å². The Morgan fingerprint density at radius 2 is 1.96 bits per heavy atom. The van der Waals surface area contributed by atoms with E-state index in [1.807, 2.05) is 61.0 Å². The maximum atomic E-state index is 12.0. The number of hydrogen-bond donors (Lipinski definition) is 3. The maximum absolute atomic E-state index is 12.0. The Hall–Kier alpha value is -2.87. The summed E-state index contributed by atoms with van der Waals surface area (Å²) in [5, 5.41) is 8.01. The molecule has 140 valence electrons. The first-order chi connectivity index (χ1) is 12.9. The third kappa shape index (κ3) is 5.07. The van der Waals surface area contributed by atoms with Gasteiger partial charge in [0, 0.05) is 22.6 Å². The standard InChI is InChI=1S/C19H20BrN5O2/c1-12-5-6-25-11-15(23-17(25)7-12)9-21-19(27)22-10-18(26)24-16-4-3-14(20)8-13(16)2/h3-8,11H,9-10H2,1-2H3,(H,24,26)(H2,21,22,27). The average molecular weight is 430 g/mol. The molecule has 2 aromatic heterocycles. The van der Waals surface area contributed by atoms with Gasteiger partial charge >= 0.3 is 6.03 Å². The van der Waals surface area contributed by atoms with Crippen LogP contribution in [0.5, 0.6) is 0 Å². The van der Waals surface area contributed by atoms with Crippen molar-refractivity contribution in [1.29, 1.82) is 0 Å². The summed E-state index contributed by atoms with van der Waals surface area (Å²) in [6, 6.07) is 9.10. The first-order valence-electron chi connectivity index (χ1n) is 8.42. The number of amides is 3. The van der Waals surface area contributed by atoms with Gasteiger partial charge in [0.2, 0.25) is 5.91 Å². The Morgan fingerprint density at radius 3 is 2.74 bits per heavy atom. The Morgan fingerprint density at radius 1 is 1.15 bits per heavy atom. The molecular formula is C19H20BrN5O2. The number of imidazole rings is 1. The van der Waals surface area contributed by atoms with Crippen molar-refractivity contribution in [1.82, 2.24) is 20.0 Å². The molecule has 0 aliphatic rings. The second-order valence-electron chi connectivity index (χ2n) is 6.25. The normalized spacial score (nSPS) is 10.6. The van der Waals surface area contributed by atoms with Crippen molar-refractivity contribution in [2.75, 3.05) is 11.9 Å². The van der Waals surface area contributed by atoms with Crippen molar-refractivity contribution in [3.63, 3.8) is 0 Å². The fourth-order valence-corrected chi connectivity index (χ4v) is 3.05. The molecule has 27 heavy (non-hydrogen) atoms. The SMILES string of the molecule is Cc1ccn2cc(CNC(=O)NCC(=O)Nc3ccc(Br)cc3C)nc2c1. The minimum atomic E-state index is -0.425. The van der Waals surface area contributed by atoms with E-state index in [0.717, 1.165) is 26.9 Å². The molecule has 0 bridgehead atoms. The minimum Gasteiger partial charge on any atom is -0.332 e. The van der Waals surface area contributed by atoms with Crippen molar-refractivity contribution >= 4 is 39.2 Å². The third-order valence-electron chi connectivity index (χ3n) is 3.97.